The molecule has 3 aromatic rings. The van der Waals surface area contributed by atoms with Crippen LogP contribution >= 0.6 is 11.3 Å². The van der Waals surface area contributed by atoms with Crippen molar-refractivity contribution in [1.29, 1.82) is 0 Å². The third-order valence-corrected chi connectivity index (χ3v) is 6.50. The summed E-state index contributed by atoms with van der Waals surface area (Å²) < 4.78 is 2.00. The Hall–Kier alpha value is -2.34. The summed E-state index contributed by atoms with van der Waals surface area (Å²) in [7, 11) is 2.04. The smallest absolute Gasteiger partial charge is 0.160 e. The number of aryl methyl sites for hydroxylation is 5. The fourth-order valence-electron chi connectivity index (χ4n) is 4.52. The van der Waals surface area contributed by atoms with Crippen molar-refractivity contribution in [2.24, 2.45) is 7.05 Å². The molecule has 0 aliphatic carbocycles. The fraction of sp³-hybridized carbons (Fsp3) is 0.478. The highest BCUT2D eigenvalue weighted by molar-refractivity contribution is 7.09. The average molecular weight is 410 g/mol. The van der Waals surface area contributed by atoms with E-state index in [9.17, 15) is 0 Å². The fourth-order valence-corrected chi connectivity index (χ4v) is 5.29. The molecule has 1 N–H and O–H groups in total. The zero-order valence-electron chi connectivity index (χ0n) is 18.2. The normalized spacial score (nSPS) is 13.6. The molecule has 5 nitrogen and oxygen atoms in total. The van der Waals surface area contributed by atoms with Crippen LogP contribution in [0.4, 0.5) is 17.3 Å². The lowest BCUT2D eigenvalue weighted by Crippen LogP contribution is -2.26. The predicted octanol–water partition coefficient (Wildman–Crippen LogP) is 5.45. The van der Waals surface area contributed by atoms with Gasteiger partial charge in [0.25, 0.3) is 0 Å². The summed E-state index contributed by atoms with van der Waals surface area (Å²) in [5.41, 5.74) is 7.80. The van der Waals surface area contributed by atoms with Crippen LogP contribution in [0.15, 0.2) is 17.5 Å². The third kappa shape index (κ3) is 3.90. The molecule has 6 heteroatoms. The molecule has 0 unspecified atom stereocenters. The zero-order valence-corrected chi connectivity index (χ0v) is 19.0. The van der Waals surface area contributed by atoms with E-state index in [1.54, 1.807) is 11.3 Å². The summed E-state index contributed by atoms with van der Waals surface area (Å²) in [5.74, 6) is 2.22. The van der Waals surface area contributed by atoms with E-state index in [2.05, 4.69) is 55.4 Å². The van der Waals surface area contributed by atoms with Gasteiger partial charge in [0.2, 0.25) is 0 Å². The summed E-state index contributed by atoms with van der Waals surface area (Å²) in [6, 6.07) is 4.55. The maximum Gasteiger partial charge on any atom is 0.160 e. The molecule has 154 valence electrons. The Morgan fingerprint density at radius 2 is 1.93 bits per heavy atom. The van der Waals surface area contributed by atoms with Crippen LogP contribution < -0.4 is 10.2 Å². The van der Waals surface area contributed by atoms with Crippen LogP contribution in [-0.2, 0) is 26.4 Å². The Kier molecular flexibility index (Phi) is 5.63. The minimum absolute atomic E-state index is 0.753. The van der Waals surface area contributed by atoms with Gasteiger partial charge in [-0.05, 0) is 51.2 Å². The lowest BCUT2D eigenvalue weighted by Gasteiger charge is -2.30. The number of thiazole rings is 1. The number of anilines is 3. The number of hydrogen-bond donors (Lipinski definition) is 1. The first-order valence-electron chi connectivity index (χ1n) is 10.6. The third-order valence-electron chi connectivity index (χ3n) is 5.61. The minimum Gasteiger partial charge on any atom is -0.363 e. The van der Waals surface area contributed by atoms with Crippen LogP contribution in [0.3, 0.4) is 0 Å². The van der Waals surface area contributed by atoms with E-state index in [0.717, 1.165) is 55.4 Å². The molecular formula is C23H31N5S. The number of nitrogens with one attached hydrogen (secondary N) is 1. The number of benzene rings is 1. The van der Waals surface area contributed by atoms with E-state index in [1.165, 1.54) is 33.6 Å². The Balaban J connectivity index is 1.61. The molecule has 0 spiro atoms. The molecule has 0 radical (unpaired) electrons. The molecule has 29 heavy (non-hydrogen) atoms. The number of hydrogen-bond acceptors (Lipinski definition) is 5. The molecule has 2 aromatic heterocycles. The highest BCUT2D eigenvalue weighted by atomic mass is 32.1. The molecule has 0 bridgehead atoms. The van der Waals surface area contributed by atoms with Crippen molar-refractivity contribution in [3.63, 3.8) is 0 Å². The van der Waals surface area contributed by atoms with Crippen molar-refractivity contribution in [2.75, 3.05) is 16.8 Å². The Morgan fingerprint density at radius 1 is 1.17 bits per heavy atom. The van der Waals surface area contributed by atoms with Gasteiger partial charge >= 0.3 is 0 Å². The maximum absolute atomic E-state index is 4.92. The largest absolute Gasteiger partial charge is 0.363 e. The van der Waals surface area contributed by atoms with Crippen LogP contribution in [-0.4, -0.2) is 21.3 Å². The number of rotatable bonds is 6. The van der Waals surface area contributed by atoms with Gasteiger partial charge in [0.05, 0.1) is 12.2 Å². The molecule has 4 rings (SSSR count). The van der Waals surface area contributed by atoms with Crippen LogP contribution in [0.2, 0.25) is 0 Å². The topological polar surface area (TPSA) is 46.0 Å². The summed E-state index contributed by atoms with van der Waals surface area (Å²) in [6.07, 6.45) is 4.39. The molecule has 3 heterocycles. The first-order chi connectivity index (χ1) is 14.0. The van der Waals surface area contributed by atoms with Crippen LogP contribution in [0.5, 0.6) is 0 Å². The summed E-state index contributed by atoms with van der Waals surface area (Å²) in [6.45, 7) is 10.6. The lowest BCUT2D eigenvalue weighted by molar-refractivity contribution is 0.740. The first-order valence-corrected chi connectivity index (χ1v) is 11.4. The summed E-state index contributed by atoms with van der Waals surface area (Å²) >= 11 is 1.74. The highest BCUT2D eigenvalue weighted by Gasteiger charge is 2.27. The monoisotopic (exact) mass is 409 g/mol. The van der Waals surface area contributed by atoms with Gasteiger partial charge in [0.15, 0.2) is 5.82 Å². The van der Waals surface area contributed by atoms with Crippen LogP contribution in [0, 0.1) is 20.8 Å². The number of fused-ring (bicyclic) bond motifs is 1. The van der Waals surface area contributed by atoms with Crippen LogP contribution in [0.25, 0.3) is 0 Å². The number of aromatic nitrogens is 3. The molecule has 1 aliphatic heterocycles. The second-order valence-corrected chi connectivity index (χ2v) is 9.06. The quantitative estimate of drug-likeness (QED) is 0.588. The Morgan fingerprint density at radius 3 is 2.66 bits per heavy atom. The van der Waals surface area contributed by atoms with Crippen molar-refractivity contribution in [3.05, 3.63) is 50.5 Å². The highest BCUT2D eigenvalue weighted by Crippen LogP contribution is 2.39. The van der Waals surface area contributed by atoms with Crippen molar-refractivity contribution in [2.45, 2.75) is 59.9 Å². The lowest BCUT2D eigenvalue weighted by atomic mass is 10.0. The van der Waals surface area contributed by atoms with Crippen molar-refractivity contribution in [1.82, 2.24) is 14.8 Å². The zero-order chi connectivity index (χ0) is 20.5. The first kappa shape index (κ1) is 20.0. The summed E-state index contributed by atoms with van der Waals surface area (Å²) in [4.78, 5) is 7.16. The van der Waals surface area contributed by atoms with Gasteiger partial charge < -0.3 is 10.2 Å². The minimum atomic E-state index is 0.753. The van der Waals surface area contributed by atoms with E-state index >= 15 is 0 Å². The molecule has 0 atom stereocenters. The maximum atomic E-state index is 4.92. The molecule has 0 amide bonds. The van der Waals surface area contributed by atoms with Crippen molar-refractivity contribution >= 4 is 28.7 Å². The molecule has 1 aliphatic rings. The second kappa shape index (κ2) is 8.19. The van der Waals surface area contributed by atoms with E-state index in [0.29, 0.717) is 0 Å². The SMILES string of the molecule is CCCc1csc(CNc2c3c(nn2C)N(c2c(C)cc(C)cc2C)CCC3)n1. The van der Waals surface area contributed by atoms with Gasteiger partial charge in [-0.25, -0.2) is 4.98 Å². The second-order valence-electron chi connectivity index (χ2n) is 8.11. The average Bonchev–Trinajstić information content (AvgIpc) is 3.23. The Bertz CT molecular complexity index is 993. The van der Waals surface area contributed by atoms with Gasteiger partial charge in [-0.2, -0.15) is 5.10 Å². The van der Waals surface area contributed by atoms with Gasteiger partial charge in [-0.1, -0.05) is 31.0 Å². The Labute approximate surface area is 177 Å². The predicted molar refractivity (Wildman–Crippen MR) is 123 cm³/mol. The van der Waals surface area contributed by atoms with E-state index in [4.69, 9.17) is 10.1 Å². The molecule has 0 saturated carbocycles. The number of nitrogens with zero attached hydrogens (tertiary/aromatic N) is 4. The van der Waals surface area contributed by atoms with E-state index in [1.807, 2.05) is 11.7 Å². The van der Waals surface area contributed by atoms with Gasteiger partial charge in [0, 0.05) is 30.2 Å². The standard InChI is InChI=1S/C23H31N5S/c1-6-8-18-14-29-20(25-18)13-24-22-19-9-7-10-28(23(19)26-27(22)5)21-16(3)11-15(2)12-17(21)4/h11-12,14,24H,6-10,13H2,1-5H3. The molecule has 0 saturated heterocycles. The van der Waals surface area contributed by atoms with Crippen molar-refractivity contribution in [3.8, 4) is 0 Å². The van der Waals surface area contributed by atoms with Gasteiger partial charge in [0.1, 0.15) is 10.8 Å². The van der Waals surface area contributed by atoms with Crippen LogP contribution in [0.1, 0.15) is 52.7 Å². The molecule has 1 aromatic carbocycles. The summed E-state index contributed by atoms with van der Waals surface area (Å²) in [5, 5.41) is 11.9. The van der Waals surface area contributed by atoms with E-state index in [-0.39, 0.29) is 0 Å². The molecule has 0 fully saturated rings. The van der Waals surface area contributed by atoms with Crippen molar-refractivity contribution < 1.29 is 0 Å². The van der Waals surface area contributed by atoms with E-state index < -0.39 is 0 Å². The molecular weight excluding hydrogens is 378 g/mol. The van der Waals surface area contributed by atoms with Gasteiger partial charge in [-0.3, -0.25) is 4.68 Å². The van der Waals surface area contributed by atoms with Gasteiger partial charge in [-0.15, -0.1) is 11.3 Å².